The minimum Gasteiger partial charge on any atom is -0.465 e. The topological polar surface area (TPSA) is 153 Å². The minimum atomic E-state index is -4.33. The monoisotopic (exact) mass is 623 g/mol. The highest BCUT2D eigenvalue weighted by atomic mass is 31.2. The molecule has 1 saturated heterocycles. The molecule has 0 amide bonds. The average molecular weight is 624 g/mol. The van der Waals surface area contributed by atoms with E-state index in [0.29, 0.717) is 17.4 Å². The Labute approximate surface area is 247 Å². The molecule has 4 rings (SSSR count). The van der Waals surface area contributed by atoms with E-state index in [1.54, 1.807) is 30.4 Å². The molecular formula is C28H35FN3O10P. The highest BCUT2D eigenvalue weighted by molar-refractivity contribution is 7.52. The van der Waals surface area contributed by atoms with Crippen LogP contribution in [0.2, 0.25) is 0 Å². The summed E-state index contributed by atoms with van der Waals surface area (Å²) in [5.41, 5.74) is -4.33. The zero-order chi connectivity index (χ0) is 31.2. The third kappa shape index (κ3) is 7.57. The van der Waals surface area contributed by atoms with Gasteiger partial charge in [-0.15, -0.1) is 0 Å². The van der Waals surface area contributed by atoms with Crippen molar-refractivity contribution >= 4 is 19.6 Å². The third-order valence-corrected chi connectivity index (χ3v) is 8.62. The molecule has 0 spiro atoms. The number of rotatable bonds is 3. The highest BCUT2D eigenvalue weighted by Gasteiger charge is 2.57. The Bertz CT molecular complexity index is 1490. The molecule has 3 heterocycles. The molecule has 2 aliphatic rings. The molecule has 1 fully saturated rings. The summed E-state index contributed by atoms with van der Waals surface area (Å²) < 4.78 is 59.3. The Hall–Kier alpha value is -3.42. The molecule has 0 radical (unpaired) electrons. The maximum atomic E-state index is 16.3. The highest BCUT2D eigenvalue weighted by Crippen LogP contribution is 2.48. The molecule has 2 aromatic rings. The maximum absolute atomic E-state index is 16.3. The average Bonchev–Trinajstić information content (AvgIpc) is 3.22. The number of aromatic nitrogens is 2. The van der Waals surface area contributed by atoms with Crippen LogP contribution in [0.4, 0.5) is 4.39 Å². The van der Waals surface area contributed by atoms with E-state index in [2.05, 4.69) is 5.09 Å². The summed E-state index contributed by atoms with van der Waals surface area (Å²) in [5.74, 6) is -1.30. The Morgan fingerprint density at radius 1 is 1.09 bits per heavy atom. The second kappa shape index (κ2) is 13.9. The van der Waals surface area contributed by atoms with Crippen LogP contribution in [0.5, 0.6) is 5.75 Å². The van der Waals surface area contributed by atoms with Gasteiger partial charge in [0, 0.05) is 25.8 Å². The fraction of sp³-hybridized carbons (Fsp3) is 0.500. The minimum absolute atomic E-state index is 0.0691. The number of nitrogens with one attached hydrogen (secondary N) is 1. The van der Waals surface area contributed by atoms with Crippen molar-refractivity contribution in [2.75, 3.05) is 20.3 Å². The van der Waals surface area contributed by atoms with Crippen molar-refractivity contribution in [2.24, 2.45) is 0 Å². The summed E-state index contributed by atoms with van der Waals surface area (Å²) in [5, 5.41) is 2.56. The van der Waals surface area contributed by atoms with Crippen LogP contribution in [0.1, 0.15) is 50.6 Å². The number of hydrogen-bond acceptors (Lipinski definition) is 10. The van der Waals surface area contributed by atoms with E-state index in [0.717, 1.165) is 23.8 Å². The normalized spacial score (nSPS) is 31.2. The molecule has 6 atom stereocenters. The fourth-order valence-corrected chi connectivity index (χ4v) is 6.35. The van der Waals surface area contributed by atoms with Gasteiger partial charge in [-0.3, -0.25) is 23.5 Å². The van der Waals surface area contributed by atoms with Crippen LogP contribution in [0.3, 0.4) is 0 Å². The van der Waals surface area contributed by atoms with Crippen molar-refractivity contribution < 1.29 is 41.8 Å². The quantitative estimate of drug-likeness (QED) is 0.305. The zero-order valence-electron chi connectivity index (χ0n) is 24.1. The molecule has 234 valence electrons. The summed E-state index contributed by atoms with van der Waals surface area (Å²) in [6, 6.07) is 7.92. The number of carbonyl (C=O) groups excluding carboxylic acids is 2. The van der Waals surface area contributed by atoms with Gasteiger partial charge < -0.3 is 18.7 Å². The van der Waals surface area contributed by atoms with Crippen LogP contribution in [-0.2, 0) is 28.1 Å². The van der Waals surface area contributed by atoms with Gasteiger partial charge in [-0.1, -0.05) is 30.4 Å². The van der Waals surface area contributed by atoms with Crippen LogP contribution in [0, 0.1) is 0 Å². The molecule has 13 nitrogen and oxygen atoms in total. The molecule has 2 unspecified atom stereocenters. The lowest BCUT2D eigenvalue weighted by Gasteiger charge is -2.27. The van der Waals surface area contributed by atoms with Gasteiger partial charge in [0.1, 0.15) is 24.0 Å². The van der Waals surface area contributed by atoms with E-state index >= 15 is 4.39 Å². The fourth-order valence-electron chi connectivity index (χ4n) is 4.85. The number of hydrogen-bond donors (Lipinski definition) is 1. The number of nitrogens with zero attached hydrogens (tertiary/aromatic N) is 2. The Morgan fingerprint density at radius 3 is 2.53 bits per heavy atom. The summed E-state index contributed by atoms with van der Waals surface area (Å²) in [6.45, 7) is 2.07. The molecule has 1 aromatic carbocycles. The van der Waals surface area contributed by atoms with Crippen molar-refractivity contribution in [1.29, 1.82) is 0 Å². The lowest BCUT2D eigenvalue weighted by atomic mass is 9.98. The summed E-state index contributed by atoms with van der Waals surface area (Å²) >= 11 is 0. The number of alkyl halides is 1. The third-order valence-electron chi connectivity index (χ3n) is 6.98. The van der Waals surface area contributed by atoms with Crippen molar-refractivity contribution in [3.8, 4) is 5.75 Å². The Kier molecular flexibility index (Phi) is 10.5. The van der Waals surface area contributed by atoms with Crippen LogP contribution < -0.4 is 20.9 Å². The number of halogens is 1. The van der Waals surface area contributed by atoms with Gasteiger partial charge in [-0.25, -0.2) is 13.8 Å². The van der Waals surface area contributed by atoms with Crippen LogP contribution >= 0.6 is 7.75 Å². The van der Waals surface area contributed by atoms with Crippen molar-refractivity contribution in [2.45, 2.75) is 69.7 Å². The summed E-state index contributed by atoms with van der Waals surface area (Å²) in [4.78, 5) is 51.3. The number of para-hydroxylation sites is 1. The van der Waals surface area contributed by atoms with Gasteiger partial charge in [-0.05, 0) is 45.2 Å². The van der Waals surface area contributed by atoms with Gasteiger partial charge in [0.2, 0.25) is 5.91 Å². The molecule has 1 N–H and O–H groups in total. The number of fused-ring (bicyclic) bond motifs is 5. The van der Waals surface area contributed by atoms with Crippen molar-refractivity contribution in [3.05, 3.63) is 75.6 Å². The number of allylic oxidation sites excluding steroid dienone is 2. The second-order valence-corrected chi connectivity index (χ2v) is 12.0. The van der Waals surface area contributed by atoms with Crippen molar-refractivity contribution in [3.63, 3.8) is 0 Å². The van der Waals surface area contributed by atoms with E-state index < -0.39 is 67.6 Å². The van der Waals surface area contributed by atoms with E-state index in [1.807, 2.05) is 0 Å². The van der Waals surface area contributed by atoms with E-state index in [-0.39, 0.29) is 25.2 Å². The van der Waals surface area contributed by atoms with Crippen LogP contribution in [0.15, 0.2) is 64.3 Å². The first-order chi connectivity index (χ1) is 20.5. The lowest BCUT2D eigenvalue weighted by Crippen LogP contribution is -2.48. The number of benzene rings is 1. The number of esters is 1. The zero-order valence-corrected chi connectivity index (χ0v) is 24.9. The standard InChI is InChI=1S/C28H35FN3O10P/c1-19-25(35)39-17-11-6-4-5-10-14-22(33)32-23(34)15-16-31(27(32)36)26-28(2,29)24(38-3)21(41-26)18-40-43(37,30-19)42-20-12-8-7-9-13-20/h4-5,7-9,12-13,15-16,19,21,24,26H,6,10-11,14,17-18H2,1-3H3,(H,30,37)/t19-,21?,24+,26?,28+,43-/m0/s1. The molecule has 2 aliphatic heterocycles. The van der Waals surface area contributed by atoms with E-state index in [9.17, 15) is 23.7 Å². The molecule has 0 aliphatic carbocycles. The molecule has 15 heteroatoms. The number of methoxy groups -OCH3 is 1. The summed E-state index contributed by atoms with van der Waals surface area (Å²) in [6.07, 6.45) is 1.36. The van der Waals surface area contributed by atoms with Gasteiger partial charge in [0.25, 0.3) is 5.56 Å². The molecule has 43 heavy (non-hydrogen) atoms. The molecule has 1 aromatic heterocycles. The molecular weight excluding hydrogens is 588 g/mol. The number of ether oxygens (including phenoxy) is 3. The number of carbonyl (C=O) groups is 2. The Balaban J connectivity index is 1.70. The van der Waals surface area contributed by atoms with Gasteiger partial charge in [0.15, 0.2) is 11.9 Å². The Morgan fingerprint density at radius 2 is 1.81 bits per heavy atom. The lowest BCUT2D eigenvalue weighted by molar-refractivity contribution is -0.145. The second-order valence-electron chi connectivity index (χ2n) is 10.3. The van der Waals surface area contributed by atoms with Crippen LogP contribution in [0.25, 0.3) is 0 Å². The first-order valence-electron chi connectivity index (χ1n) is 13.8. The van der Waals surface area contributed by atoms with E-state index in [1.165, 1.54) is 26.2 Å². The van der Waals surface area contributed by atoms with Gasteiger partial charge >= 0.3 is 19.4 Å². The van der Waals surface area contributed by atoms with Crippen molar-refractivity contribution in [1.82, 2.24) is 14.2 Å². The maximum Gasteiger partial charge on any atom is 0.459 e. The van der Waals surface area contributed by atoms with Gasteiger partial charge in [-0.2, -0.15) is 9.65 Å². The first-order valence-corrected chi connectivity index (χ1v) is 15.3. The number of cyclic esters (lactones) is 1. The predicted octanol–water partition coefficient (Wildman–Crippen LogP) is 3.15. The SMILES string of the molecule is CO[C@@H]1C2CO[P@](=O)(Oc3ccccc3)N[C@@H](C)C(=O)OCCCC=CCCC(=O)n3c(=O)ccn(c3=O)C(O2)[C@]1(C)F. The van der Waals surface area contributed by atoms with E-state index in [4.69, 9.17) is 23.3 Å². The first kappa shape index (κ1) is 32.5. The van der Waals surface area contributed by atoms with Gasteiger partial charge in [0.05, 0.1) is 13.2 Å². The largest absolute Gasteiger partial charge is 0.465 e. The molecule has 4 bridgehead atoms. The summed E-state index contributed by atoms with van der Waals surface area (Å²) in [7, 11) is -3.11. The predicted molar refractivity (Wildman–Crippen MR) is 152 cm³/mol. The smallest absolute Gasteiger partial charge is 0.459 e. The molecule has 0 saturated carbocycles. The van der Waals surface area contributed by atoms with Crippen LogP contribution in [-0.4, -0.2) is 65.3 Å².